The number of aromatic amines is 1. The zero-order valence-electron chi connectivity index (χ0n) is 16.2. The van der Waals surface area contributed by atoms with Gasteiger partial charge in [0.05, 0.1) is 29.5 Å². The maximum atomic E-state index is 13.0. The molecule has 1 N–H and O–H groups in total. The average Bonchev–Trinajstić information content (AvgIpc) is 3.14. The van der Waals surface area contributed by atoms with Crippen LogP contribution in [0.1, 0.15) is 18.1 Å². The van der Waals surface area contributed by atoms with Crippen molar-refractivity contribution in [2.75, 3.05) is 0 Å². The molecule has 4 heteroatoms. The Morgan fingerprint density at radius 2 is 1.62 bits per heavy atom. The van der Waals surface area contributed by atoms with Gasteiger partial charge in [-0.1, -0.05) is 61.5 Å². The minimum Gasteiger partial charge on any atom is -0.354 e. The molecule has 29 heavy (non-hydrogen) atoms. The van der Waals surface area contributed by atoms with E-state index in [4.69, 9.17) is 0 Å². The second-order valence-corrected chi connectivity index (χ2v) is 7.27. The van der Waals surface area contributed by atoms with Crippen LogP contribution in [0.5, 0.6) is 0 Å². The lowest BCUT2D eigenvalue weighted by Gasteiger charge is -2.09. The van der Waals surface area contributed by atoms with E-state index in [-0.39, 0.29) is 5.56 Å². The predicted octanol–water partition coefficient (Wildman–Crippen LogP) is 5.16. The Morgan fingerprint density at radius 1 is 0.897 bits per heavy atom. The number of hydrogen-bond acceptors (Lipinski definition) is 2. The Bertz CT molecular complexity index is 1380. The highest BCUT2D eigenvalue weighted by atomic mass is 16.1. The van der Waals surface area contributed by atoms with Gasteiger partial charge in [0.25, 0.3) is 5.56 Å². The number of rotatable bonds is 4. The SMILES string of the molecule is CCc1ccc(-c2[nH]c3ccccc3c2Cn2cnc3ccccc3c2=O)cc1. The Labute approximate surface area is 168 Å². The third-order valence-electron chi connectivity index (χ3n) is 5.52. The Morgan fingerprint density at radius 3 is 2.41 bits per heavy atom. The van der Waals surface area contributed by atoms with Gasteiger partial charge in [0.2, 0.25) is 0 Å². The molecule has 0 amide bonds. The van der Waals surface area contributed by atoms with Crippen LogP contribution in [0.2, 0.25) is 0 Å². The van der Waals surface area contributed by atoms with Gasteiger partial charge >= 0.3 is 0 Å². The van der Waals surface area contributed by atoms with E-state index in [1.165, 1.54) is 5.56 Å². The van der Waals surface area contributed by atoms with Crippen LogP contribution < -0.4 is 5.56 Å². The smallest absolute Gasteiger partial charge is 0.261 e. The second kappa shape index (κ2) is 7.06. The van der Waals surface area contributed by atoms with Crippen molar-refractivity contribution in [2.24, 2.45) is 0 Å². The van der Waals surface area contributed by atoms with Crippen LogP contribution in [-0.2, 0) is 13.0 Å². The van der Waals surface area contributed by atoms with Gasteiger partial charge in [-0.3, -0.25) is 9.36 Å². The molecule has 0 aliphatic rings. The number of nitrogens with zero attached hydrogens (tertiary/aromatic N) is 2. The first-order valence-corrected chi connectivity index (χ1v) is 9.87. The van der Waals surface area contributed by atoms with Crippen molar-refractivity contribution >= 4 is 21.8 Å². The van der Waals surface area contributed by atoms with Crippen LogP contribution in [0, 0.1) is 0 Å². The molecular weight excluding hydrogens is 358 g/mol. The molecule has 0 spiro atoms. The summed E-state index contributed by atoms with van der Waals surface area (Å²) in [4.78, 5) is 21.1. The van der Waals surface area contributed by atoms with Gasteiger partial charge in [-0.05, 0) is 35.7 Å². The van der Waals surface area contributed by atoms with Gasteiger partial charge in [0.1, 0.15) is 0 Å². The molecule has 4 nitrogen and oxygen atoms in total. The van der Waals surface area contributed by atoms with E-state index in [9.17, 15) is 4.79 Å². The first-order chi connectivity index (χ1) is 14.2. The summed E-state index contributed by atoms with van der Waals surface area (Å²) in [5, 5.41) is 1.77. The molecule has 0 unspecified atom stereocenters. The molecule has 0 saturated heterocycles. The molecule has 5 aromatic rings. The van der Waals surface area contributed by atoms with E-state index >= 15 is 0 Å². The second-order valence-electron chi connectivity index (χ2n) is 7.27. The Hall–Kier alpha value is -3.66. The summed E-state index contributed by atoms with van der Waals surface area (Å²) in [5.74, 6) is 0. The maximum absolute atomic E-state index is 13.0. The number of para-hydroxylation sites is 2. The normalized spacial score (nSPS) is 11.3. The lowest BCUT2D eigenvalue weighted by atomic mass is 10.0. The summed E-state index contributed by atoms with van der Waals surface area (Å²) in [7, 11) is 0. The molecular formula is C25H21N3O. The third-order valence-corrected chi connectivity index (χ3v) is 5.52. The minimum absolute atomic E-state index is 0.0202. The number of hydrogen-bond donors (Lipinski definition) is 1. The quantitative estimate of drug-likeness (QED) is 0.469. The highest BCUT2D eigenvalue weighted by Gasteiger charge is 2.15. The van der Waals surface area contributed by atoms with E-state index in [0.29, 0.717) is 11.9 Å². The van der Waals surface area contributed by atoms with E-state index in [2.05, 4.69) is 53.3 Å². The molecule has 142 valence electrons. The zero-order valence-corrected chi connectivity index (χ0v) is 16.2. The van der Waals surface area contributed by atoms with Crippen molar-refractivity contribution in [1.29, 1.82) is 0 Å². The standard InChI is InChI=1S/C25H21N3O/c1-2-17-11-13-18(14-12-17)24-21(19-7-3-6-10-23(19)27-24)15-28-16-26-22-9-5-4-8-20(22)25(28)29/h3-14,16,27H,2,15H2,1H3. The number of benzene rings is 3. The van der Waals surface area contributed by atoms with Crippen LogP contribution >= 0.6 is 0 Å². The Balaban J connectivity index is 1.68. The van der Waals surface area contributed by atoms with Crippen molar-refractivity contribution in [2.45, 2.75) is 19.9 Å². The summed E-state index contributed by atoms with van der Waals surface area (Å²) in [6.07, 6.45) is 2.66. The topological polar surface area (TPSA) is 50.7 Å². The molecule has 0 aliphatic heterocycles. The number of aromatic nitrogens is 3. The predicted molar refractivity (Wildman–Crippen MR) is 118 cm³/mol. The molecule has 0 bridgehead atoms. The summed E-state index contributed by atoms with van der Waals surface area (Å²) in [6.45, 7) is 2.62. The van der Waals surface area contributed by atoms with Crippen molar-refractivity contribution in [3.8, 4) is 11.3 Å². The van der Waals surface area contributed by atoms with Crippen molar-refractivity contribution in [1.82, 2.24) is 14.5 Å². The van der Waals surface area contributed by atoms with Gasteiger partial charge in [0.15, 0.2) is 0 Å². The molecule has 2 heterocycles. The van der Waals surface area contributed by atoms with Crippen LogP contribution in [0.15, 0.2) is 83.9 Å². The van der Waals surface area contributed by atoms with Crippen molar-refractivity contribution in [3.05, 3.63) is 101 Å². The molecule has 0 radical (unpaired) electrons. The van der Waals surface area contributed by atoms with Gasteiger partial charge in [-0.2, -0.15) is 0 Å². The van der Waals surface area contributed by atoms with Gasteiger partial charge in [-0.25, -0.2) is 4.98 Å². The largest absolute Gasteiger partial charge is 0.354 e. The lowest BCUT2D eigenvalue weighted by molar-refractivity contribution is 0.753. The maximum Gasteiger partial charge on any atom is 0.261 e. The van der Waals surface area contributed by atoms with Crippen molar-refractivity contribution < 1.29 is 0 Å². The summed E-state index contributed by atoms with van der Waals surface area (Å²) in [6, 6.07) is 24.3. The summed E-state index contributed by atoms with van der Waals surface area (Å²) < 4.78 is 1.70. The summed E-state index contributed by atoms with van der Waals surface area (Å²) in [5.41, 5.74) is 6.35. The molecule has 3 aromatic carbocycles. The number of nitrogens with one attached hydrogen (secondary N) is 1. The highest BCUT2D eigenvalue weighted by molar-refractivity contribution is 5.90. The fourth-order valence-corrected chi connectivity index (χ4v) is 3.91. The number of fused-ring (bicyclic) bond motifs is 2. The number of aryl methyl sites for hydroxylation is 1. The van der Waals surface area contributed by atoms with Crippen LogP contribution in [0.25, 0.3) is 33.1 Å². The highest BCUT2D eigenvalue weighted by Crippen LogP contribution is 2.31. The first-order valence-electron chi connectivity index (χ1n) is 9.87. The first kappa shape index (κ1) is 17.4. The van der Waals surface area contributed by atoms with E-state index in [1.807, 2.05) is 36.4 Å². The van der Waals surface area contributed by atoms with Gasteiger partial charge in [-0.15, -0.1) is 0 Å². The van der Waals surface area contributed by atoms with E-state index < -0.39 is 0 Å². The average molecular weight is 379 g/mol. The van der Waals surface area contributed by atoms with Crippen LogP contribution in [0.4, 0.5) is 0 Å². The monoisotopic (exact) mass is 379 g/mol. The Kier molecular flexibility index (Phi) is 4.24. The van der Waals surface area contributed by atoms with E-state index in [0.717, 1.165) is 39.7 Å². The van der Waals surface area contributed by atoms with E-state index in [1.54, 1.807) is 10.9 Å². The molecule has 5 rings (SSSR count). The summed E-state index contributed by atoms with van der Waals surface area (Å²) >= 11 is 0. The fourth-order valence-electron chi connectivity index (χ4n) is 3.91. The van der Waals surface area contributed by atoms with Crippen LogP contribution in [-0.4, -0.2) is 14.5 Å². The van der Waals surface area contributed by atoms with Crippen molar-refractivity contribution in [3.63, 3.8) is 0 Å². The minimum atomic E-state index is -0.0202. The lowest BCUT2D eigenvalue weighted by Crippen LogP contribution is -2.21. The molecule has 0 aliphatic carbocycles. The molecule has 2 aromatic heterocycles. The molecule has 0 atom stereocenters. The van der Waals surface area contributed by atoms with Crippen LogP contribution in [0.3, 0.4) is 0 Å². The van der Waals surface area contributed by atoms with Gasteiger partial charge < -0.3 is 4.98 Å². The fraction of sp³-hybridized carbons (Fsp3) is 0.120. The number of H-pyrrole nitrogens is 1. The van der Waals surface area contributed by atoms with Gasteiger partial charge in [0, 0.05) is 16.5 Å². The zero-order chi connectivity index (χ0) is 19.8. The molecule has 0 saturated carbocycles. The third kappa shape index (κ3) is 3.03. The molecule has 0 fully saturated rings.